The van der Waals surface area contributed by atoms with Crippen molar-refractivity contribution in [3.05, 3.63) is 82.3 Å². The number of fused-ring (bicyclic) bond motifs is 1. The number of sulfonamides is 1. The number of benzene rings is 2. The van der Waals surface area contributed by atoms with Crippen molar-refractivity contribution in [1.82, 2.24) is 18.7 Å². The first-order valence-corrected chi connectivity index (χ1v) is 14.2. The number of para-hydroxylation sites is 1. The molecule has 10 heteroatoms. The molecule has 0 aliphatic rings. The molecule has 0 aliphatic heterocycles. The van der Waals surface area contributed by atoms with Gasteiger partial charge in [0.15, 0.2) is 0 Å². The fourth-order valence-electron chi connectivity index (χ4n) is 4.81. The average molecular weight is 536 g/mol. The van der Waals surface area contributed by atoms with Gasteiger partial charge < -0.3 is 5.32 Å². The van der Waals surface area contributed by atoms with Crippen LogP contribution in [0.4, 0.5) is 5.69 Å². The average Bonchev–Trinajstić information content (AvgIpc) is 3.25. The molecule has 200 valence electrons. The molecule has 0 radical (unpaired) electrons. The standard InChI is InChI=1S/C28H33N5O4S/c1-6-24(27(35)29-21-14-16-23(17-15-21)38(36,37)31(7-2)8-3)32-25(34)18-19(4)26-20(5)30-33(28(26)32)22-12-10-9-11-13-22/h9-18,24H,6-8H2,1-5H3,(H,29,35). The predicted octanol–water partition coefficient (Wildman–Crippen LogP) is 4.42. The molecule has 2 aromatic heterocycles. The van der Waals surface area contributed by atoms with E-state index in [0.29, 0.717) is 30.8 Å². The van der Waals surface area contributed by atoms with Gasteiger partial charge in [-0.15, -0.1) is 0 Å². The highest BCUT2D eigenvalue weighted by Crippen LogP contribution is 2.27. The van der Waals surface area contributed by atoms with Crippen molar-refractivity contribution in [2.75, 3.05) is 18.4 Å². The maximum absolute atomic E-state index is 13.5. The van der Waals surface area contributed by atoms with E-state index in [4.69, 9.17) is 5.10 Å². The number of pyridine rings is 1. The van der Waals surface area contributed by atoms with Crippen molar-refractivity contribution < 1.29 is 13.2 Å². The number of carbonyl (C=O) groups excluding carboxylic acids is 1. The molecule has 2 aromatic carbocycles. The third kappa shape index (κ3) is 4.89. The molecule has 1 N–H and O–H groups in total. The van der Waals surface area contributed by atoms with Gasteiger partial charge in [-0.3, -0.25) is 14.2 Å². The van der Waals surface area contributed by atoms with E-state index >= 15 is 0 Å². The second-order valence-corrected chi connectivity index (χ2v) is 11.0. The molecule has 0 spiro atoms. The lowest BCUT2D eigenvalue weighted by molar-refractivity contribution is -0.119. The number of hydrogen-bond acceptors (Lipinski definition) is 5. The monoisotopic (exact) mass is 535 g/mol. The molecule has 1 atom stereocenters. The van der Waals surface area contributed by atoms with Crippen molar-refractivity contribution in [3.63, 3.8) is 0 Å². The number of aryl methyl sites for hydroxylation is 2. The van der Waals surface area contributed by atoms with E-state index in [0.717, 1.165) is 22.3 Å². The first kappa shape index (κ1) is 27.3. The number of hydrogen-bond donors (Lipinski definition) is 1. The first-order valence-electron chi connectivity index (χ1n) is 12.7. The lowest BCUT2D eigenvalue weighted by Crippen LogP contribution is -2.34. The molecule has 38 heavy (non-hydrogen) atoms. The van der Waals surface area contributed by atoms with Crippen molar-refractivity contribution in [1.29, 1.82) is 0 Å². The van der Waals surface area contributed by atoms with Gasteiger partial charge in [-0.05, 0) is 62.2 Å². The number of carbonyl (C=O) groups is 1. The van der Waals surface area contributed by atoms with Gasteiger partial charge in [-0.1, -0.05) is 39.0 Å². The quantitative estimate of drug-likeness (QED) is 0.341. The molecule has 0 bridgehead atoms. The van der Waals surface area contributed by atoms with Crippen LogP contribution >= 0.6 is 0 Å². The van der Waals surface area contributed by atoms with E-state index in [1.807, 2.05) is 51.1 Å². The lowest BCUT2D eigenvalue weighted by Gasteiger charge is -2.21. The number of anilines is 1. The van der Waals surface area contributed by atoms with E-state index in [1.54, 1.807) is 30.7 Å². The summed E-state index contributed by atoms with van der Waals surface area (Å²) < 4.78 is 30.2. The van der Waals surface area contributed by atoms with Crippen LogP contribution in [0.3, 0.4) is 0 Å². The molecule has 1 amide bonds. The summed E-state index contributed by atoms with van der Waals surface area (Å²) in [5, 5.41) is 8.40. The van der Waals surface area contributed by atoms with Gasteiger partial charge in [0.1, 0.15) is 11.7 Å². The Bertz CT molecular complexity index is 1620. The number of nitrogens with zero attached hydrogens (tertiary/aromatic N) is 4. The Labute approximate surface area is 222 Å². The fraction of sp³-hybridized carbons (Fsp3) is 0.321. The molecule has 2 heterocycles. The van der Waals surface area contributed by atoms with Crippen molar-refractivity contribution in [2.24, 2.45) is 0 Å². The highest BCUT2D eigenvalue weighted by atomic mass is 32.2. The molecule has 0 saturated heterocycles. The van der Waals surface area contributed by atoms with Gasteiger partial charge >= 0.3 is 0 Å². The summed E-state index contributed by atoms with van der Waals surface area (Å²) in [5.74, 6) is -0.377. The van der Waals surface area contributed by atoms with E-state index in [2.05, 4.69) is 5.32 Å². The zero-order valence-electron chi connectivity index (χ0n) is 22.3. The minimum Gasteiger partial charge on any atom is -0.324 e. The predicted molar refractivity (Wildman–Crippen MR) is 149 cm³/mol. The van der Waals surface area contributed by atoms with Crippen molar-refractivity contribution >= 4 is 32.7 Å². The molecular formula is C28H33N5O4S. The maximum Gasteiger partial charge on any atom is 0.253 e. The summed E-state index contributed by atoms with van der Waals surface area (Å²) in [6, 6.07) is 16.3. The highest BCUT2D eigenvalue weighted by molar-refractivity contribution is 7.89. The topological polar surface area (TPSA) is 106 Å². The second-order valence-electron chi connectivity index (χ2n) is 9.09. The first-order chi connectivity index (χ1) is 18.1. The van der Waals surface area contributed by atoms with Crippen LogP contribution in [0.15, 0.2) is 70.4 Å². The Kier molecular flexibility index (Phi) is 7.84. The summed E-state index contributed by atoms with van der Waals surface area (Å²) in [6.45, 7) is 9.91. The molecule has 4 rings (SSSR count). The third-order valence-corrected chi connectivity index (χ3v) is 8.77. The molecule has 0 fully saturated rings. The smallest absolute Gasteiger partial charge is 0.253 e. The van der Waals surface area contributed by atoms with Gasteiger partial charge in [-0.25, -0.2) is 13.1 Å². The van der Waals surface area contributed by atoms with Gasteiger partial charge in [0.2, 0.25) is 15.9 Å². The van der Waals surface area contributed by atoms with Crippen LogP contribution in [-0.4, -0.2) is 46.1 Å². The van der Waals surface area contributed by atoms with Crippen LogP contribution in [0.5, 0.6) is 0 Å². The number of rotatable bonds is 9. The van der Waals surface area contributed by atoms with E-state index in [1.165, 1.54) is 27.1 Å². The number of amides is 1. The Morgan fingerprint density at radius 1 is 1.00 bits per heavy atom. The molecule has 0 saturated carbocycles. The Hall–Kier alpha value is -3.76. The largest absolute Gasteiger partial charge is 0.324 e. The van der Waals surface area contributed by atoms with Crippen LogP contribution in [0.1, 0.15) is 44.5 Å². The Balaban J connectivity index is 1.74. The second kappa shape index (κ2) is 10.9. The normalized spacial score (nSPS) is 12.7. The highest BCUT2D eigenvalue weighted by Gasteiger charge is 2.27. The minimum atomic E-state index is -3.61. The van der Waals surface area contributed by atoms with E-state index in [9.17, 15) is 18.0 Å². The molecular weight excluding hydrogens is 502 g/mol. The summed E-state index contributed by atoms with van der Waals surface area (Å²) in [4.78, 5) is 27.0. The van der Waals surface area contributed by atoms with Crippen LogP contribution in [0.2, 0.25) is 0 Å². The zero-order valence-corrected chi connectivity index (χ0v) is 23.1. The third-order valence-electron chi connectivity index (χ3n) is 6.70. The van der Waals surface area contributed by atoms with Gasteiger partial charge in [0.25, 0.3) is 5.56 Å². The van der Waals surface area contributed by atoms with Gasteiger partial charge in [0.05, 0.1) is 16.3 Å². The molecule has 9 nitrogen and oxygen atoms in total. The Morgan fingerprint density at radius 2 is 1.63 bits per heavy atom. The molecule has 1 unspecified atom stereocenters. The molecule has 4 aromatic rings. The zero-order chi connectivity index (χ0) is 27.6. The summed E-state index contributed by atoms with van der Waals surface area (Å²) in [6.07, 6.45) is 0.358. The lowest BCUT2D eigenvalue weighted by atomic mass is 10.1. The van der Waals surface area contributed by atoms with E-state index < -0.39 is 16.1 Å². The summed E-state index contributed by atoms with van der Waals surface area (Å²) in [5.41, 5.74) is 3.04. The number of aromatic nitrogens is 3. The van der Waals surface area contributed by atoms with Crippen molar-refractivity contribution in [3.8, 4) is 5.69 Å². The van der Waals surface area contributed by atoms with Gasteiger partial charge in [-0.2, -0.15) is 9.40 Å². The summed E-state index contributed by atoms with van der Waals surface area (Å²) >= 11 is 0. The van der Waals surface area contributed by atoms with Crippen LogP contribution in [-0.2, 0) is 14.8 Å². The fourth-order valence-corrected chi connectivity index (χ4v) is 6.27. The minimum absolute atomic E-state index is 0.157. The Morgan fingerprint density at radius 3 is 2.21 bits per heavy atom. The maximum atomic E-state index is 13.5. The number of nitrogens with one attached hydrogen (secondary N) is 1. The van der Waals surface area contributed by atoms with Gasteiger partial charge in [0, 0.05) is 30.2 Å². The van der Waals surface area contributed by atoms with Crippen LogP contribution in [0.25, 0.3) is 16.7 Å². The van der Waals surface area contributed by atoms with Crippen molar-refractivity contribution in [2.45, 2.75) is 52.0 Å². The molecule has 0 aliphatic carbocycles. The van der Waals surface area contributed by atoms with E-state index in [-0.39, 0.29) is 16.4 Å². The van der Waals surface area contributed by atoms with Crippen LogP contribution < -0.4 is 10.9 Å². The summed E-state index contributed by atoms with van der Waals surface area (Å²) in [7, 11) is -3.61. The van der Waals surface area contributed by atoms with Crippen LogP contribution in [0, 0.1) is 13.8 Å². The SMILES string of the molecule is CCC(C(=O)Nc1ccc(S(=O)(=O)N(CC)CC)cc1)n1c(=O)cc(C)c2c(C)nn(-c3ccccc3)c21.